The van der Waals surface area contributed by atoms with E-state index in [4.69, 9.17) is 10.00 Å². The number of carbonyl (C=O) groups excluding carboxylic acids is 2. The van der Waals surface area contributed by atoms with Gasteiger partial charge in [0.2, 0.25) is 0 Å². The van der Waals surface area contributed by atoms with Gasteiger partial charge in [-0.1, -0.05) is 0 Å². The van der Waals surface area contributed by atoms with Crippen LogP contribution >= 0.6 is 0 Å². The van der Waals surface area contributed by atoms with E-state index < -0.39 is 12.1 Å². The van der Waals surface area contributed by atoms with Crippen LogP contribution in [0.2, 0.25) is 0 Å². The molecule has 2 rings (SSSR count). The second-order valence-corrected chi connectivity index (χ2v) is 4.77. The number of nitrogens with zero attached hydrogens (tertiary/aromatic N) is 2. The summed E-state index contributed by atoms with van der Waals surface area (Å²) in [5.41, 5.74) is 0.813. The van der Waals surface area contributed by atoms with E-state index in [1.807, 2.05) is 6.07 Å². The average Bonchev–Trinajstić information content (AvgIpc) is 3.00. The molecule has 0 unspecified atom stereocenters. The smallest absolute Gasteiger partial charge is 0.338 e. The highest BCUT2D eigenvalue weighted by Crippen LogP contribution is 2.12. The molecule has 1 aromatic rings. The van der Waals surface area contributed by atoms with Crippen LogP contribution in [-0.4, -0.2) is 36.0 Å². The fourth-order valence-corrected chi connectivity index (χ4v) is 2.15. The fraction of sp³-hybridized carbons (Fsp3) is 0.400. The van der Waals surface area contributed by atoms with Crippen LogP contribution < -0.4 is 0 Å². The maximum Gasteiger partial charge on any atom is 0.338 e. The number of esters is 1. The second-order valence-electron chi connectivity index (χ2n) is 4.77. The first-order chi connectivity index (χ1) is 9.61. The summed E-state index contributed by atoms with van der Waals surface area (Å²) in [7, 11) is 0. The Labute approximate surface area is 117 Å². The maximum absolute atomic E-state index is 12.0. The van der Waals surface area contributed by atoms with Gasteiger partial charge in [-0.15, -0.1) is 0 Å². The van der Waals surface area contributed by atoms with E-state index in [0.717, 1.165) is 25.9 Å². The van der Waals surface area contributed by atoms with E-state index in [0.29, 0.717) is 11.1 Å². The molecule has 0 N–H and O–H groups in total. The standard InChI is InChI=1S/C15H16N2O3/c1-11(14(18)17-8-2-3-9-17)20-15(19)13-6-4-12(10-16)5-7-13/h4-7,11H,2-3,8-9H2,1H3/t11-/m1/s1. The first-order valence-corrected chi connectivity index (χ1v) is 6.62. The third-order valence-corrected chi connectivity index (χ3v) is 3.30. The Bertz CT molecular complexity index is 539. The summed E-state index contributed by atoms with van der Waals surface area (Å²) in [6.45, 7) is 3.05. The van der Waals surface area contributed by atoms with Crippen LogP contribution in [0, 0.1) is 11.3 Å². The van der Waals surface area contributed by atoms with Gasteiger partial charge in [-0.2, -0.15) is 5.26 Å². The molecule has 1 amide bonds. The Kier molecular flexibility index (Phi) is 4.36. The zero-order valence-electron chi connectivity index (χ0n) is 11.3. The van der Waals surface area contributed by atoms with Crippen LogP contribution in [0.4, 0.5) is 0 Å². The van der Waals surface area contributed by atoms with Crippen LogP contribution in [0.3, 0.4) is 0 Å². The number of hydrogen-bond acceptors (Lipinski definition) is 4. The molecule has 0 aromatic heterocycles. The summed E-state index contributed by atoms with van der Waals surface area (Å²) in [5.74, 6) is -0.695. The van der Waals surface area contributed by atoms with Crippen molar-refractivity contribution >= 4 is 11.9 Å². The summed E-state index contributed by atoms with van der Waals surface area (Å²) < 4.78 is 5.17. The molecule has 0 spiro atoms. The van der Waals surface area contributed by atoms with Gasteiger partial charge in [-0.25, -0.2) is 4.79 Å². The van der Waals surface area contributed by atoms with Gasteiger partial charge in [0.05, 0.1) is 17.2 Å². The minimum atomic E-state index is -0.781. The molecular weight excluding hydrogens is 256 g/mol. The largest absolute Gasteiger partial charge is 0.449 e. The molecule has 0 bridgehead atoms. The third-order valence-electron chi connectivity index (χ3n) is 3.30. The van der Waals surface area contributed by atoms with E-state index in [-0.39, 0.29) is 5.91 Å². The molecule has 0 radical (unpaired) electrons. The van der Waals surface area contributed by atoms with E-state index in [2.05, 4.69) is 0 Å². The van der Waals surface area contributed by atoms with Crippen LogP contribution in [0.1, 0.15) is 35.7 Å². The van der Waals surface area contributed by atoms with Crippen LogP contribution in [0.15, 0.2) is 24.3 Å². The molecule has 1 aliphatic heterocycles. The van der Waals surface area contributed by atoms with Crippen molar-refractivity contribution in [3.63, 3.8) is 0 Å². The Morgan fingerprint density at radius 1 is 1.25 bits per heavy atom. The molecule has 1 aliphatic rings. The summed E-state index contributed by atoms with van der Waals surface area (Å²) >= 11 is 0. The van der Waals surface area contributed by atoms with Crippen LogP contribution in [-0.2, 0) is 9.53 Å². The predicted molar refractivity (Wildman–Crippen MR) is 71.8 cm³/mol. The molecule has 5 nitrogen and oxygen atoms in total. The minimum Gasteiger partial charge on any atom is -0.449 e. The third kappa shape index (κ3) is 3.15. The van der Waals surface area contributed by atoms with E-state index in [9.17, 15) is 9.59 Å². The van der Waals surface area contributed by atoms with Crippen molar-refractivity contribution in [3.8, 4) is 6.07 Å². The highest BCUT2D eigenvalue weighted by molar-refractivity contribution is 5.92. The number of likely N-dealkylation sites (tertiary alicyclic amines) is 1. The van der Waals surface area contributed by atoms with Crippen molar-refractivity contribution in [1.29, 1.82) is 5.26 Å². The molecule has 104 valence electrons. The van der Waals surface area contributed by atoms with Gasteiger partial charge in [0.1, 0.15) is 0 Å². The summed E-state index contributed by atoms with van der Waals surface area (Å²) in [6.07, 6.45) is 1.22. The molecule has 0 aliphatic carbocycles. The van der Waals surface area contributed by atoms with Crippen molar-refractivity contribution in [3.05, 3.63) is 35.4 Å². The van der Waals surface area contributed by atoms with Gasteiger partial charge in [-0.05, 0) is 44.0 Å². The first-order valence-electron chi connectivity index (χ1n) is 6.62. The topological polar surface area (TPSA) is 70.4 Å². The molecular formula is C15H16N2O3. The molecule has 1 saturated heterocycles. The van der Waals surface area contributed by atoms with Crippen LogP contribution in [0.5, 0.6) is 0 Å². The number of benzene rings is 1. The predicted octanol–water partition coefficient (Wildman–Crippen LogP) is 1.73. The lowest BCUT2D eigenvalue weighted by molar-refractivity contribution is -0.138. The van der Waals surface area contributed by atoms with Crippen molar-refractivity contribution in [2.75, 3.05) is 13.1 Å². The highest BCUT2D eigenvalue weighted by Gasteiger charge is 2.26. The number of nitriles is 1. The van der Waals surface area contributed by atoms with Gasteiger partial charge < -0.3 is 9.64 Å². The molecule has 1 fully saturated rings. The van der Waals surface area contributed by atoms with Crippen molar-refractivity contribution < 1.29 is 14.3 Å². The first kappa shape index (κ1) is 14.1. The van der Waals surface area contributed by atoms with Gasteiger partial charge in [-0.3, -0.25) is 4.79 Å². The molecule has 0 saturated carbocycles. The number of hydrogen-bond donors (Lipinski definition) is 0. The Morgan fingerprint density at radius 2 is 1.85 bits per heavy atom. The van der Waals surface area contributed by atoms with E-state index in [1.54, 1.807) is 24.0 Å². The number of ether oxygens (including phenoxy) is 1. The summed E-state index contributed by atoms with van der Waals surface area (Å²) in [6, 6.07) is 8.11. The van der Waals surface area contributed by atoms with Gasteiger partial charge in [0.25, 0.3) is 5.91 Å². The quantitative estimate of drug-likeness (QED) is 0.786. The van der Waals surface area contributed by atoms with Gasteiger partial charge >= 0.3 is 5.97 Å². The SMILES string of the molecule is C[C@@H](OC(=O)c1ccc(C#N)cc1)C(=O)N1CCCC1. The number of amides is 1. The monoisotopic (exact) mass is 272 g/mol. The van der Waals surface area contributed by atoms with E-state index in [1.165, 1.54) is 12.1 Å². The average molecular weight is 272 g/mol. The van der Waals surface area contributed by atoms with Crippen molar-refractivity contribution in [2.24, 2.45) is 0 Å². The second kappa shape index (κ2) is 6.20. The highest BCUT2D eigenvalue weighted by atomic mass is 16.5. The van der Waals surface area contributed by atoms with Crippen molar-refractivity contribution in [2.45, 2.75) is 25.9 Å². The molecule has 5 heteroatoms. The fourth-order valence-electron chi connectivity index (χ4n) is 2.15. The Hall–Kier alpha value is -2.35. The van der Waals surface area contributed by atoms with Crippen molar-refractivity contribution in [1.82, 2.24) is 4.90 Å². The van der Waals surface area contributed by atoms with Crippen LogP contribution in [0.25, 0.3) is 0 Å². The summed E-state index contributed by atoms with van der Waals surface area (Å²) in [4.78, 5) is 25.6. The Balaban J connectivity index is 1.96. The molecule has 1 heterocycles. The zero-order chi connectivity index (χ0) is 14.5. The lowest BCUT2D eigenvalue weighted by Crippen LogP contribution is -2.38. The maximum atomic E-state index is 12.0. The lowest BCUT2D eigenvalue weighted by Gasteiger charge is -2.20. The molecule has 20 heavy (non-hydrogen) atoms. The lowest BCUT2D eigenvalue weighted by atomic mass is 10.1. The van der Waals surface area contributed by atoms with E-state index >= 15 is 0 Å². The number of carbonyl (C=O) groups is 2. The minimum absolute atomic E-state index is 0.149. The normalized spacial score (nSPS) is 15.5. The molecule has 1 atom stereocenters. The van der Waals surface area contributed by atoms with Gasteiger partial charge in [0.15, 0.2) is 6.10 Å². The zero-order valence-corrected chi connectivity index (χ0v) is 11.3. The Morgan fingerprint density at radius 3 is 2.40 bits per heavy atom. The number of rotatable bonds is 3. The van der Waals surface area contributed by atoms with Gasteiger partial charge in [0, 0.05) is 13.1 Å². The summed E-state index contributed by atoms with van der Waals surface area (Å²) in [5, 5.41) is 8.69. The molecule has 1 aromatic carbocycles.